The topological polar surface area (TPSA) is 69.2 Å². The first-order valence-electron chi connectivity index (χ1n) is 7.61. The molecule has 144 valence electrons. The van der Waals surface area contributed by atoms with Gasteiger partial charge < -0.3 is 14.2 Å². The molecule has 0 unspecified atom stereocenters. The van der Waals surface area contributed by atoms with Gasteiger partial charge in [0.05, 0.1) is 33.1 Å². The lowest BCUT2D eigenvalue weighted by atomic mass is 10.1. The summed E-state index contributed by atoms with van der Waals surface area (Å²) < 4.78 is 53.8. The maximum Gasteiger partial charge on any atom is 0.416 e. The van der Waals surface area contributed by atoms with Crippen LogP contribution in [0.2, 0.25) is 0 Å². The Hall–Kier alpha value is -3.23. The number of carbonyl (C=O) groups is 1. The second kappa shape index (κ2) is 8.43. The summed E-state index contributed by atoms with van der Waals surface area (Å²) in [5.74, 6) is 0.332. The molecule has 0 spiro atoms. The third-order valence-corrected chi connectivity index (χ3v) is 3.56. The number of hydrazone groups is 1. The lowest BCUT2D eigenvalue weighted by molar-refractivity contribution is -0.137. The zero-order valence-corrected chi connectivity index (χ0v) is 14.8. The van der Waals surface area contributed by atoms with Crippen LogP contribution in [-0.2, 0) is 6.18 Å². The number of benzene rings is 2. The lowest BCUT2D eigenvalue weighted by Crippen LogP contribution is -2.18. The molecule has 2 aromatic rings. The number of nitrogens with one attached hydrogen (secondary N) is 1. The highest BCUT2D eigenvalue weighted by Gasteiger charge is 2.30. The van der Waals surface area contributed by atoms with Gasteiger partial charge in [-0.25, -0.2) is 5.43 Å². The summed E-state index contributed by atoms with van der Waals surface area (Å²) in [6.07, 6.45) is -3.25. The van der Waals surface area contributed by atoms with Crippen LogP contribution in [0.25, 0.3) is 0 Å². The Morgan fingerprint density at radius 2 is 1.74 bits per heavy atom. The minimum atomic E-state index is -4.54. The maximum absolute atomic E-state index is 12.7. The molecule has 0 atom stereocenters. The highest BCUT2D eigenvalue weighted by Crippen LogP contribution is 2.39. The SMILES string of the molecule is COc1ccc(/C=N\NC(=O)c2cccc(C(F)(F)F)c2)c(OC)c1OC. The van der Waals surface area contributed by atoms with Gasteiger partial charge in [-0.15, -0.1) is 0 Å². The zero-order valence-electron chi connectivity index (χ0n) is 14.8. The van der Waals surface area contributed by atoms with Crippen molar-refractivity contribution in [3.05, 3.63) is 53.1 Å². The van der Waals surface area contributed by atoms with Crippen LogP contribution in [0.3, 0.4) is 0 Å². The molecule has 0 saturated carbocycles. The van der Waals surface area contributed by atoms with Crippen molar-refractivity contribution < 1.29 is 32.2 Å². The number of ether oxygens (including phenoxy) is 3. The highest BCUT2D eigenvalue weighted by molar-refractivity contribution is 5.95. The van der Waals surface area contributed by atoms with Crippen molar-refractivity contribution in [2.75, 3.05) is 21.3 Å². The van der Waals surface area contributed by atoms with Gasteiger partial charge in [0.25, 0.3) is 5.91 Å². The fourth-order valence-electron chi connectivity index (χ4n) is 2.29. The van der Waals surface area contributed by atoms with Crippen LogP contribution in [-0.4, -0.2) is 33.5 Å². The molecule has 0 bridgehead atoms. The lowest BCUT2D eigenvalue weighted by Gasteiger charge is -2.13. The van der Waals surface area contributed by atoms with Gasteiger partial charge in [-0.3, -0.25) is 4.79 Å². The fraction of sp³-hybridized carbons (Fsp3) is 0.222. The van der Waals surface area contributed by atoms with Gasteiger partial charge in [0.2, 0.25) is 5.75 Å². The van der Waals surface area contributed by atoms with Crippen LogP contribution in [0.1, 0.15) is 21.5 Å². The number of halogens is 3. The van der Waals surface area contributed by atoms with Crippen molar-refractivity contribution in [1.82, 2.24) is 5.43 Å². The van der Waals surface area contributed by atoms with Crippen molar-refractivity contribution in [2.24, 2.45) is 5.10 Å². The first-order valence-corrected chi connectivity index (χ1v) is 7.61. The van der Waals surface area contributed by atoms with E-state index < -0.39 is 17.6 Å². The molecule has 9 heteroatoms. The van der Waals surface area contributed by atoms with Crippen molar-refractivity contribution in [3.8, 4) is 17.2 Å². The van der Waals surface area contributed by atoms with E-state index in [0.29, 0.717) is 22.8 Å². The summed E-state index contributed by atoms with van der Waals surface area (Å²) in [7, 11) is 4.34. The molecule has 0 radical (unpaired) electrons. The average molecular weight is 382 g/mol. The third kappa shape index (κ3) is 4.69. The average Bonchev–Trinajstić information content (AvgIpc) is 2.66. The molecule has 0 aromatic heterocycles. The van der Waals surface area contributed by atoms with E-state index in [9.17, 15) is 18.0 Å². The van der Waals surface area contributed by atoms with E-state index in [1.54, 1.807) is 12.1 Å². The van der Waals surface area contributed by atoms with E-state index in [1.165, 1.54) is 33.6 Å². The number of alkyl halides is 3. The molecular formula is C18H17F3N2O4. The first-order chi connectivity index (χ1) is 12.8. The van der Waals surface area contributed by atoms with Crippen LogP contribution in [0.15, 0.2) is 41.5 Å². The Labute approximate surface area is 153 Å². The first kappa shape index (κ1) is 20.1. The molecule has 0 aliphatic carbocycles. The van der Waals surface area contributed by atoms with Gasteiger partial charge in [0.1, 0.15) is 0 Å². The van der Waals surface area contributed by atoms with Gasteiger partial charge in [-0.2, -0.15) is 18.3 Å². The van der Waals surface area contributed by atoms with Gasteiger partial charge in [-0.1, -0.05) is 6.07 Å². The Bertz CT molecular complexity index is 851. The number of amides is 1. The smallest absolute Gasteiger partial charge is 0.416 e. The molecule has 2 rings (SSSR count). The number of methoxy groups -OCH3 is 3. The Morgan fingerprint density at radius 1 is 1.04 bits per heavy atom. The molecule has 2 aromatic carbocycles. The summed E-state index contributed by atoms with van der Waals surface area (Å²) in [6.45, 7) is 0. The van der Waals surface area contributed by atoms with E-state index >= 15 is 0 Å². The van der Waals surface area contributed by atoms with Gasteiger partial charge >= 0.3 is 6.18 Å². The van der Waals surface area contributed by atoms with Gasteiger partial charge in [0.15, 0.2) is 11.5 Å². The molecule has 1 amide bonds. The van der Waals surface area contributed by atoms with E-state index in [1.807, 2.05) is 0 Å². The second-order valence-electron chi connectivity index (χ2n) is 5.20. The number of carbonyl (C=O) groups excluding carboxylic acids is 1. The Balaban J connectivity index is 2.19. The molecule has 27 heavy (non-hydrogen) atoms. The molecule has 0 aliphatic heterocycles. The van der Waals surface area contributed by atoms with Crippen LogP contribution in [0.5, 0.6) is 17.2 Å². The maximum atomic E-state index is 12.7. The molecule has 1 N–H and O–H groups in total. The van der Waals surface area contributed by atoms with Gasteiger partial charge in [0, 0.05) is 11.1 Å². The van der Waals surface area contributed by atoms with Crippen molar-refractivity contribution >= 4 is 12.1 Å². The molecule has 0 aliphatic rings. The largest absolute Gasteiger partial charge is 0.493 e. The summed E-state index contributed by atoms with van der Waals surface area (Å²) in [5.41, 5.74) is 1.57. The molecule has 6 nitrogen and oxygen atoms in total. The molecular weight excluding hydrogens is 365 g/mol. The molecule has 0 saturated heterocycles. The number of hydrogen-bond donors (Lipinski definition) is 1. The predicted octanol–water partition coefficient (Wildman–Crippen LogP) is 3.50. The Kier molecular flexibility index (Phi) is 6.27. The van der Waals surface area contributed by atoms with Crippen LogP contribution >= 0.6 is 0 Å². The normalized spacial score (nSPS) is 11.3. The van der Waals surface area contributed by atoms with Crippen LogP contribution in [0, 0.1) is 0 Å². The van der Waals surface area contributed by atoms with Crippen LogP contribution < -0.4 is 19.6 Å². The summed E-state index contributed by atoms with van der Waals surface area (Å²) in [5, 5.41) is 3.77. The second-order valence-corrected chi connectivity index (χ2v) is 5.20. The standard InChI is InChI=1S/C18H17F3N2O4/c1-25-14-8-7-12(15(26-2)16(14)27-3)10-22-23-17(24)11-5-4-6-13(9-11)18(19,20)21/h4-10H,1-3H3,(H,23,24)/b22-10-. The Morgan fingerprint density at radius 3 is 2.33 bits per heavy atom. The highest BCUT2D eigenvalue weighted by atomic mass is 19.4. The molecule has 0 heterocycles. The number of nitrogens with zero attached hydrogens (tertiary/aromatic N) is 1. The summed E-state index contributed by atoms with van der Waals surface area (Å²) >= 11 is 0. The van der Waals surface area contributed by atoms with Crippen molar-refractivity contribution in [3.63, 3.8) is 0 Å². The van der Waals surface area contributed by atoms with Gasteiger partial charge in [-0.05, 0) is 30.3 Å². The predicted molar refractivity (Wildman–Crippen MR) is 92.6 cm³/mol. The molecule has 0 fully saturated rings. The van der Waals surface area contributed by atoms with E-state index in [2.05, 4.69) is 10.5 Å². The number of hydrogen-bond acceptors (Lipinski definition) is 5. The third-order valence-electron chi connectivity index (χ3n) is 3.56. The monoisotopic (exact) mass is 382 g/mol. The summed E-state index contributed by atoms with van der Waals surface area (Å²) in [4.78, 5) is 12.0. The fourth-order valence-corrected chi connectivity index (χ4v) is 2.29. The minimum absolute atomic E-state index is 0.166. The summed E-state index contributed by atoms with van der Waals surface area (Å²) in [6, 6.07) is 7.30. The van der Waals surface area contributed by atoms with E-state index in [4.69, 9.17) is 14.2 Å². The van der Waals surface area contributed by atoms with Crippen molar-refractivity contribution in [2.45, 2.75) is 6.18 Å². The van der Waals surface area contributed by atoms with E-state index in [-0.39, 0.29) is 5.56 Å². The van der Waals surface area contributed by atoms with E-state index in [0.717, 1.165) is 18.2 Å². The van der Waals surface area contributed by atoms with Crippen LogP contribution in [0.4, 0.5) is 13.2 Å². The minimum Gasteiger partial charge on any atom is -0.493 e. The quantitative estimate of drug-likeness (QED) is 0.613. The number of rotatable bonds is 6. The zero-order chi connectivity index (χ0) is 20.0. The van der Waals surface area contributed by atoms with Crippen molar-refractivity contribution in [1.29, 1.82) is 0 Å².